The van der Waals surface area contributed by atoms with Gasteiger partial charge in [-0.05, 0) is 50.6 Å². The molecule has 1 amide bonds. The number of nitrogens with zero attached hydrogens (tertiary/aromatic N) is 2. The molecule has 8 heteroatoms. The molecule has 0 saturated carbocycles. The molecule has 2 aromatic heterocycles. The van der Waals surface area contributed by atoms with Gasteiger partial charge in [-0.2, -0.15) is 0 Å². The highest BCUT2D eigenvalue weighted by Crippen LogP contribution is 2.31. The van der Waals surface area contributed by atoms with Crippen molar-refractivity contribution in [1.82, 2.24) is 14.9 Å². The first-order valence-electron chi connectivity index (χ1n) is 9.78. The van der Waals surface area contributed by atoms with E-state index >= 15 is 0 Å². The first kappa shape index (κ1) is 21.6. The van der Waals surface area contributed by atoms with Gasteiger partial charge < -0.3 is 19.4 Å². The zero-order chi connectivity index (χ0) is 21.7. The number of nitrogens with one attached hydrogen (secondary N) is 1. The van der Waals surface area contributed by atoms with Crippen molar-refractivity contribution in [3.05, 3.63) is 52.0 Å². The molecule has 1 N–H and O–H groups in total. The van der Waals surface area contributed by atoms with Crippen molar-refractivity contribution in [3.8, 4) is 22.8 Å². The maximum Gasteiger partial charge on any atom is 0.367 e. The molecule has 2 heterocycles. The summed E-state index contributed by atoms with van der Waals surface area (Å²) in [5, 5.41) is 5.01. The van der Waals surface area contributed by atoms with Crippen LogP contribution in [0.2, 0.25) is 0 Å². The molecule has 0 saturated heterocycles. The molecule has 30 heavy (non-hydrogen) atoms. The van der Waals surface area contributed by atoms with E-state index in [4.69, 9.17) is 9.47 Å². The van der Waals surface area contributed by atoms with Crippen LogP contribution in [0, 0.1) is 6.92 Å². The molecule has 0 unspecified atom stereocenters. The Bertz CT molecular complexity index is 1040. The minimum Gasteiger partial charge on any atom is -0.497 e. The van der Waals surface area contributed by atoms with E-state index in [1.165, 1.54) is 11.3 Å². The quantitative estimate of drug-likeness (QED) is 0.544. The standard InChI is InChI=1S/C22H25N3O4S/c1-5-11-23-20(26)17-12-19(18-13-30-21(24-18)22(27)29-6-2)25(14(17)3)15-7-9-16(28-4)10-8-15/h7-10,12-13H,5-6,11H2,1-4H3,(H,23,26). The number of aromatic nitrogens is 2. The van der Waals surface area contributed by atoms with Crippen LogP contribution in [0.15, 0.2) is 35.7 Å². The van der Waals surface area contributed by atoms with E-state index in [0.717, 1.165) is 29.2 Å². The van der Waals surface area contributed by atoms with Gasteiger partial charge in [0.2, 0.25) is 5.01 Å². The summed E-state index contributed by atoms with van der Waals surface area (Å²) in [7, 11) is 1.61. The third-order valence-corrected chi connectivity index (χ3v) is 5.40. The molecule has 3 rings (SSSR count). The summed E-state index contributed by atoms with van der Waals surface area (Å²) in [6, 6.07) is 9.37. The first-order chi connectivity index (χ1) is 14.5. The molecule has 0 aliphatic carbocycles. The van der Waals surface area contributed by atoms with Gasteiger partial charge >= 0.3 is 5.97 Å². The normalized spacial score (nSPS) is 10.7. The number of rotatable bonds is 8. The van der Waals surface area contributed by atoms with Crippen LogP contribution in [0.25, 0.3) is 17.1 Å². The number of methoxy groups -OCH3 is 1. The fourth-order valence-corrected chi connectivity index (χ4v) is 3.80. The SMILES string of the molecule is CCCNC(=O)c1cc(-c2csc(C(=O)OCC)n2)n(-c2ccc(OC)cc2)c1C. The monoisotopic (exact) mass is 427 g/mol. The molecular weight excluding hydrogens is 402 g/mol. The minimum absolute atomic E-state index is 0.135. The van der Waals surface area contributed by atoms with Gasteiger partial charge in [0.1, 0.15) is 5.75 Å². The largest absolute Gasteiger partial charge is 0.497 e. The molecule has 158 valence electrons. The number of benzene rings is 1. The van der Waals surface area contributed by atoms with Crippen LogP contribution < -0.4 is 10.1 Å². The van der Waals surface area contributed by atoms with Gasteiger partial charge in [-0.15, -0.1) is 11.3 Å². The average Bonchev–Trinajstić information content (AvgIpc) is 3.37. The van der Waals surface area contributed by atoms with Crippen LogP contribution in [0.5, 0.6) is 5.75 Å². The molecule has 7 nitrogen and oxygen atoms in total. The molecule has 0 spiro atoms. The summed E-state index contributed by atoms with van der Waals surface area (Å²) in [4.78, 5) is 29.2. The van der Waals surface area contributed by atoms with Crippen LogP contribution in [0.3, 0.4) is 0 Å². The van der Waals surface area contributed by atoms with E-state index in [-0.39, 0.29) is 17.5 Å². The van der Waals surface area contributed by atoms with Crippen molar-refractivity contribution >= 4 is 23.2 Å². The molecule has 0 fully saturated rings. The summed E-state index contributed by atoms with van der Waals surface area (Å²) in [5.41, 5.74) is 3.56. The van der Waals surface area contributed by atoms with Crippen LogP contribution in [0.1, 0.15) is 46.1 Å². The summed E-state index contributed by atoms with van der Waals surface area (Å²) >= 11 is 1.22. The van der Waals surface area contributed by atoms with Gasteiger partial charge in [-0.25, -0.2) is 9.78 Å². The van der Waals surface area contributed by atoms with Gasteiger partial charge in [-0.1, -0.05) is 6.92 Å². The van der Waals surface area contributed by atoms with Gasteiger partial charge in [0.25, 0.3) is 5.91 Å². The third kappa shape index (κ3) is 4.38. The molecule has 1 aromatic carbocycles. The van der Waals surface area contributed by atoms with Crippen molar-refractivity contribution in [2.45, 2.75) is 27.2 Å². The molecule has 3 aromatic rings. The minimum atomic E-state index is -0.450. The number of thiazole rings is 1. The van der Waals surface area contributed by atoms with Crippen LogP contribution in [0.4, 0.5) is 0 Å². The lowest BCUT2D eigenvalue weighted by Gasteiger charge is -2.12. The maximum atomic E-state index is 12.7. The zero-order valence-electron chi connectivity index (χ0n) is 17.5. The van der Waals surface area contributed by atoms with Crippen molar-refractivity contribution in [2.75, 3.05) is 20.3 Å². The number of ether oxygens (including phenoxy) is 2. The molecule has 0 atom stereocenters. The highest BCUT2D eigenvalue weighted by molar-refractivity contribution is 7.11. The number of carbonyl (C=O) groups is 2. The van der Waals surface area contributed by atoms with E-state index in [1.807, 2.05) is 48.7 Å². The van der Waals surface area contributed by atoms with E-state index < -0.39 is 5.97 Å². The van der Waals surface area contributed by atoms with Gasteiger partial charge in [0.15, 0.2) is 0 Å². The second kappa shape index (κ2) is 9.58. The Balaban J connectivity index is 2.10. The van der Waals surface area contributed by atoms with Crippen LogP contribution >= 0.6 is 11.3 Å². The Morgan fingerprint density at radius 2 is 1.93 bits per heavy atom. The van der Waals surface area contributed by atoms with Crippen molar-refractivity contribution in [1.29, 1.82) is 0 Å². The lowest BCUT2D eigenvalue weighted by Crippen LogP contribution is -2.24. The lowest BCUT2D eigenvalue weighted by molar-refractivity contribution is 0.0526. The number of hydrogen-bond donors (Lipinski definition) is 1. The summed E-state index contributed by atoms with van der Waals surface area (Å²) in [6.45, 7) is 6.55. The molecule has 0 aliphatic heterocycles. The summed E-state index contributed by atoms with van der Waals surface area (Å²) < 4.78 is 12.3. The molecule has 0 bridgehead atoms. The smallest absolute Gasteiger partial charge is 0.367 e. The Morgan fingerprint density at radius 1 is 1.20 bits per heavy atom. The molecule has 0 radical (unpaired) electrons. The first-order valence-corrected chi connectivity index (χ1v) is 10.7. The predicted octanol–water partition coefficient (Wildman–Crippen LogP) is 4.23. The number of amides is 1. The van der Waals surface area contributed by atoms with E-state index in [0.29, 0.717) is 17.8 Å². The number of hydrogen-bond acceptors (Lipinski definition) is 6. The predicted molar refractivity (Wildman–Crippen MR) is 117 cm³/mol. The third-order valence-electron chi connectivity index (χ3n) is 4.57. The molecular formula is C22H25N3O4S. The van der Waals surface area contributed by atoms with Crippen molar-refractivity contribution < 1.29 is 19.1 Å². The van der Waals surface area contributed by atoms with Crippen LogP contribution in [-0.4, -0.2) is 41.7 Å². The summed E-state index contributed by atoms with van der Waals surface area (Å²) in [6.07, 6.45) is 0.853. The Labute approximate surface area is 179 Å². The van der Waals surface area contributed by atoms with Crippen molar-refractivity contribution in [2.24, 2.45) is 0 Å². The van der Waals surface area contributed by atoms with Gasteiger partial charge in [0, 0.05) is 23.3 Å². The maximum absolute atomic E-state index is 12.7. The second-order valence-corrected chi connectivity index (χ2v) is 7.43. The fourth-order valence-electron chi connectivity index (χ4n) is 3.10. The fraction of sp³-hybridized carbons (Fsp3) is 0.318. The summed E-state index contributed by atoms with van der Waals surface area (Å²) in [5.74, 6) is 0.155. The topological polar surface area (TPSA) is 82.5 Å². The van der Waals surface area contributed by atoms with Gasteiger partial charge in [-0.3, -0.25) is 4.79 Å². The average molecular weight is 428 g/mol. The number of esters is 1. The second-order valence-electron chi connectivity index (χ2n) is 6.58. The zero-order valence-corrected chi connectivity index (χ0v) is 18.3. The number of carbonyl (C=O) groups excluding carboxylic acids is 2. The lowest BCUT2D eigenvalue weighted by atomic mass is 10.2. The Kier molecular flexibility index (Phi) is 6.89. The van der Waals surface area contributed by atoms with Crippen molar-refractivity contribution in [3.63, 3.8) is 0 Å². The Morgan fingerprint density at radius 3 is 2.57 bits per heavy atom. The highest BCUT2D eigenvalue weighted by atomic mass is 32.1. The Hall–Kier alpha value is -3.13. The van der Waals surface area contributed by atoms with E-state index in [9.17, 15) is 9.59 Å². The van der Waals surface area contributed by atoms with E-state index in [1.54, 1.807) is 19.4 Å². The molecule has 0 aliphatic rings. The highest BCUT2D eigenvalue weighted by Gasteiger charge is 2.22. The van der Waals surface area contributed by atoms with Crippen LogP contribution in [-0.2, 0) is 4.74 Å². The van der Waals surface area contributed by atoms with E-state index in [2.05, 4.69) is 10.3 Å². The van der Waals surface area contributed by atoms with Gasteiger partial charge in [0.05, 0.1) is 30.7 Å².